The third-order valence-corrected chi connectivity index (χ3v) is 5.50. The number of benzene rings is 1. The van der Waals surface area contributed by atoms with Gasteiger partial charge in [-0.25, -0.2) is 0 Å². The summed E-state index contributed by atoms with van der Waals surface area (Å²) in [6, 6.07) is 2.65. The molecule has 1 saturated carbocycles. The van der Waals surface area contributed by atoms with E-state index in [4.69, 9.17) is 16.3 Å². The summed E-state index contributed by atoms with van der Waals surface area (Å²) in [5, 5.41) is 16.1. The molecule has 1 aliphatic heterocycles. The van der Waals surface area contributed by atoms with E-state index in [1.54, 1.807) is 0 Å². The van der Waals surface area contributed by atoms with Gasteiger partial charge in [0.05, 0.1) is 35.1 Å². The Morgan fingerprint density at radius 2 is 1.88 bits per heavy atom. The molecule has 0 spiro atoms. The van der Waals surface area contributed by atoms with Crippen molar-refractivity contribution < 1.29 is 19.2 Å². The lowest BCUT2D eigenvalue weighted by molar-refractivity contribution is -0.385. The van der Waals surface area contributed by atoms with Crippen LogP contribution < -0.4 is 4.74 Å². The predicted molar refractivity (Wildman–Crippen MR) is 91.8 cm³/mol. The molecule has 2 amide bonds. The second-order valence-electron chi connectivity index (χ2n) is 6.54. The molecule has 1 aromatic rings. The molecule has 134 valence electrons. The maximum absolute atomic E-state index is 12.6. The number of imide groups is 1. The van der Waals surface area contributed by atoms with Crippen LogP contribution in [0.4, 0.5) is 5.69 Å². The molecule has 1 heterocycles. The number of ether oxygens (including phenoxy) is 1. The first kappa shape index (κ1) is 16.7. The number of hydrogen-bond donors (Lipinski definition) is 0. The second-order valence-corrected chi connectivity index (χ2v) is 6.95. The van der Waals surface area contributed by atoms with Gasteiger partial charge in [-0.15, -0.1) is 0 Å². The van der Waals surface area contributed by atoms with Gasteiger partial charge >= 0.3 is 5.69 Å². The van der Waals surface area contributed by atoms with Gasteiger partial charge < -0.3 is 4.74 Å². The fraction of sp³-hybridized carbons (Fsp3) is 0.353. The number of nitrogens with zero attached hydrogens (tertiary/aromatic N) is 3. The Morgan fingerprint density at radius 3 is 2.42 bits per heavy atom. The van der Waals surface area contributed by atoms with Gasteiger partial charge in [-0.05, 0) is 24.3 Å². The van der Waals surface area contributed by atoms with E-state index in [2.05, 4.69) is 5.10 Å². The Labute approximate surface area is 153 Å². The molecule has 2 fully saturated rings. The molecule has 1 saturated heterocycles. The largest absolute Gasteiger partial charge is 0.489 e. The topological polar surface area (TPSA) is 102 Å². The Kier molecular flexibility index (Phi) is 3.80. The van der Waals surface area contributed by atoms with Crippen LogP contribution >= 0.6 is 11.6 Å². The first-order valence-electron chi connectivity index (χ1n) is 8.04. The average Bonchev–Trinajstić information content (AvgIpc) is 3.27. The highest BCUT2D eigenvalue weighted by Gasteiger charge is 2.59. The van der Waals surface area contributed by atoms with Crippen molar-refractivity contribution in [3.05, 3.63) is 45.0 Å². The van der Waals surface area contributed by atoms with Crippen molar-refractivity contribution in [1.29, 1.82) is 0 Å². The van der Waals surface area contributed by atoms with Crippen LogP contribution in [-0.2, 0) is 9.59 Å². The minimum absolute atomic E-state index is 0.0429. The molecule has 2 aliphatic carbocycles. The van der Waals surface area contributed by atoms with Gasteiger partial charge in [0.25, 0.3) is 11.8 Å². The van der Waals surface area contributed by atoms with Crippen LogP contribution in [0.1, 0.15) is 12.0 Å². The molecule has 1 aromatic carbocycles. The van der Waals surface area contributed by atoms with E-state index in [0.717, 1.165) is 11.4 Å². The highest BCUT2D eigenvalue weighted by atomic mass is 35.5. The zero-order chi connectivity index (χ0) is 18.6. The zero-order valence-corrected chi connectivity index (χ0v) is 14.4. The molecule has 0 aromatic heterocycles. The van der Waals surface area contributed by atoms with Crippen molar-refractivity contribution in [3.63, 3.8) is 0 Å². The lowest BCUT2D eigenvalue weighted by atomic mass is 9.85. The van der Waals surface area contributed by atoms with E-state index < -0.39 is 4.92 Å². The smallest absolute Gasteiger partial charge is 0.313 e. The molecular formula is C17H14ClN3O5. The number of nitro benzene ring substituents is 1. The summed E-state index contributed by atoms with van der Waals surface area (Å²) in [4.78, 5) is 35.6. The van der Waals surface area contributed by atoms with Gasteiger partial charge in [-0.3, -0.25) is 19.7 Å². The molecule has 2 bridgehead atoms. The average molecular weight is 376 g/mol. The van der Waals surface area contributed by atoms with Crippen LogP contribution in [0.3, 0.4) is 0 Å². The summed E-state index contributed by atoms with van der Waals surface area (Å²) in [5.74, 6) is -1.19. The molecule has 0 N–H and O–H groups in total. The minimum atomic E-state index is -0.623. The number of carbonyl (C=O) groups excluding carboxylic acids is 2. The molecular weight excluding hydrogens is 362 g/mol. The normalized spacial score (nSPS) is 29.1. The van der Waals surface area contributed by atoms with Crippen LogP contribution in [0.2, 0.25) is 5.02 Å². The summed E-state index contributed by atoms with van der Waals surface area (Å²) < 4.78 is 4.94. The van der Waals surface area contributed by atoms with Crippen LogP contribution in [0.25, 0.3) is 0 Å². The number of allylic oxidation sites excluding steroid dienone is 2. The standard InChI is InChI=1S/C17H14ClN3O5/c1-26-15-11(18)4-8(5-12(15)21(24)25)7-19-20-16(22)13-9-2-3-10(6-9)14(13)17(20)23/h2-5,7,9-10,13-14H,6H2,1H3. The van der Waals surface area contributed by atoms with Gasteiger partial charge in [-0.2, -0.15) is 10.1 Å². The van der Waals surface area contributed by atoms with Crippen molar-refractivity contribution in [1.82, 2.24) is 5.01 Å². The molecule has 8 nitrogen and oxygen atoms in total. The number of carbonyl (C=O) groups is 2. The Bertz CT molecular complexity index is 867. The van der Waals surface area contributed by atoms with Crippen LogP contribution in [0.15, 0.2) is 29.4 Å². The summed E-state index contributed by atoms with van der Waals surface area (Å²) in [7, 11) is 1.28. The molecule has 0 radical (unpaired) electrons. The van der Waals surface area contributed by atoms with Gasteiger partial charge in [0.15, 0.2) is 0 Å². The summed E-state index contributed by atoms with van der Waals surface area (Å²) in [5.41, 5.74) is -0.0269. The quantitative estimate of drug-likeness (QED) is 0.264. The minimum Gasteiger partial charge on any atom is -0.489 e. The lowest BCUT2D eigenvalue weighted by Crippen LogP contribution is -2.28. The maximum atomic E-state index is 12.6. The van der Waals surface area contributed by atoms with Crippen molar-refractivity contribution in [3.8, 4) is 5.75 Å². The highest BCUT2D eigenvalue weighted by molar-refractivity contribution is 6.32. The third kappa shape index (κ3) is 2.33. The zero-order valence-electron chi connectivity index (χ0n) is 13.7. The number of fused-ring (bicyclic) bond motifs is 5. The van der Waals surface area contributed by atoms with E-state index in [1.807, 2.05) is 12.2 Å². The molecule has 26 heavy (non-hydrogen) atoms. The molecule has 4 unspecified atom stereocenters. The van der Waals surface area contributed by atoms with Gasteiger partial charge in [0.1, 0.15) is 0 Å². The number of nitro groups is 1. The van der Waals surface area contributed by atoms with Crippen LogP contribution in [-0.4, -0.2) is 35.1 Å². The van der Waals surface area contributed by atoms with Crippen molar-refractivity contribution in [2.75, 3.05) is 7.11 Å². The van der Waals surface area contributed by atoms with Crippen molar-refractivity contribution in [2.24, 2.45) is 28.8 Å². The SMILES string of the molecule is COc1c(Cl)cc(C=NN2C(=O)C3C4C=CC(C4)C3C2=O)cc1[N+](=O)[O-]. The van der Waals surface area contributed by atoms with E-state index >= 15 is 0 Å². The van der Waals surface area contributed by atoms with Crippen LogP contribution in [0.5, 0.6) is 5.75 Å². The fourth-order valence-corrected chi connectivity index (χ4v) is 4.44. The van der Waals surface area contributed by atoms with E-state index in [9.17, 15) is 19.7 Å². The number of methoxy groups -OCH3 is 1. The molecule has 4 rings (SSSR count). The number of hydrogen-bond acceptors (Lipinski definition) is 6. The molecule has 3 aliphatic rings. The summed E-state index contributed by atoms with van der Waals surface area (Å²) >= 11 is 6.01. The van der Waals surface area contributed by atoms with Crippen molar-refractivity contribution in [2.45, 2.75) is 6.42 Å². The van der Waals surface area contributed by atoms with Gasteiger partial charge in [-0.1, -0.05) is 23.8 Å². The van der Waals surface area contributed by atoms with Crippen LogP contribution in [0, 0.1) is 33.8 Å². The highest BCUT2D eigenvalue weighted by Crippen LogP contribution is 2.52. The van der Waals surface area contributed by atoms with E-state index in [0.29, 0.717) is 5.56 Å². The third-order valence-electron chi connectivity index (χ3n) is 5.22. The Morgan fingerprint density at radius 1 is 1.27 bits per heavy atom. The fourth-order valence-electron chi connectivity index (χ4n) is 4.14. The monoisotopic (exact) mass is 375 g/mol. The van der Waals surface area contributed by atoms with Gasteiger partial charge in [0, 0.05) is 11.6 Å². The summed E-state index contributed by atoms with van der Waals surface area (Å²) in [6.07, 6.45) is 6.06. The molecule has 4 atom stereocenters. The van der Waals surface area contributed by atoms with Gasteiger partial charge in [0.2, 0.25) is 5.75 Å². The lowest BCUT2D eigenvalue weighted by Gasteiger charge is -2.13. The maximum Gasteiger partial charge on any atom is 0.313 e. The van der Waals surface area contributed by atoms with Crippen molar-refractivity contribution >= 4 is 35.3 Å². The number of halogens is 1. The van der Waals surface area contributed by atoms with E-state index in [1.165, 1.54) is 25.5 Å². The molecule has 9 heteroatoms. The second kappa shape index (κ2) is 5.91. The first-order valence-corrected chi connectivity index (χ1v) is 8.42. The van der Waals surface area contributed by atoms with E-state index in [-0.39, 0.29) is 51.9 Å². The number of hydrazone groups is 1. The number of amides is 2. The predicted octanol–water partition coefficient (Wildman–Crippen LogP) is 2.40. The summed E-state index contributed by atoms with van der Waals surface area (Å²) in [6.45, 7) is 0. The Hall–Kier alpha value is -2.74. The number of rotatable bonds is 4. The first-order chi connectivity index (χ1) is 12.4. The Balaban J connectivity index is 1.62.